The van der Waals surface area contributed by atoms with Crippen LogP contribution in [0.1, 0.15) is 34.8 Å². The van der Waals surface area contributed by atoms with Gasteiger partial charge in [0.2, 0.25) is 0 Å². The Morgan fingerprint density at radius 2 is 1.94 bits per heavy atom. The Morgan fingerprint density at radius 3 is 2.78 bits per heavy atom. The average molecular weight is 432 g/mol. The summed E-state index contributed by atoms with van der Waals surface area (Å²) < 4.78 is 7.13. The number of ether oxygens (including phenoxy) is 1. The molecule has 1 aromatic heterocycles. The summed E-state index contributed by atoms with van der Waals surface area (Å²) in [6, 6.07) is 18.0. The summed E-state index contributed by atoms with van der Waals surface area (Å²) in [7, 11) is 1.72. The highest BCUT2D eigenvalue weighted by atomic mass is 16.5. The van der Waals surface area contributed by atoms with Crippen molar-refractivity contribution in [2.24, 2.45) is 0 Å². The maximum Gasteiger partial charge on any atom is 0.320 e. The van der Waals surface area contributed by atoms with Gasteiger partial charge in [0.1, 0.15) is 5.82 Å². The Labute approximate surface area is 188 Å². The average Bonchev–Trinajstić information content (AvgIpc) is 3.41. The number of nitrogens with zero attached hydrogens (tertiary/aromatic N) is 3. The molecule has 1 atom stereocenters. The minimum absolute atomic E-state index is 0.0852. The van der Waals surface area contributed by atoms with E-state index in [0.29, 0.717) is 6.61 Å². The van der Waals surface area contributed by atoms with E-state index < -0.39 is 0 Å². The van der Waals surface area contributed by atoms with Crippen LogP contribution in [0.2, 0.25) is 0 Å². The standard InChI is InChI=1S/C25H29N5O2/c1-32-15-14-29-16-18-8-5-6-11-20(18)23(17-29)26-25(31)27-24-21-12-7-13-22(21)28-30(24)19-9-3-2-4-10-19/h2-6,8-11,23H,7,12-17H2,1H3,(H2,26,27,31). The number of para-hydroxylation sites is 1. The highest BCUT2D eigenvalue weighted by Gasteiger charge is 2.28. The largest absolute Gasteiger partial charge is 0.383 e. The van der Waals surface area contributed by atoms with E-state index in [9.17, 15) is 4.79 Å². The van der Waals surface area contributed by atoms with Crippen molar-refractivity contribution in [3.8, 4) is 5.69 Å². The Balaban J connectivity index is 1.37. The summed E-state index contributed by atoms with van der Waals surface area (Å²) >= 11 is 0. The minimum atomic E-state index is -0.204. The minimum Gasteiger partial charge on any atom is -0.383 e. The van der Waals surface area contributed by atoms with E-state index in [0.717, 1.165) is 61.7 Å². The molecule has 2 amide bonds. The number of urea groups is 1. The lowest BCUT2D eigenvalue weighted by molar-refractivity contribution is 0.131. The van der Waals surface area contributed by atoms with Crippen LogP contribution >= 0.6 is 0 Å². The Bertz CT molecular complexity index is 1090. The molecule has 2 heterocycles. The second-order valence-electron chi connectivity index (χ2n) is 8.45. The molecule has 1 aliphatic heterocycles. The van der Waals surface area contributed by atoms with Crippen molar-refractivity contribution in [2.45, 2.75) is 31.8 Å². The number of methoxy groups -OCH3 is 1. The number of amides is 2. The maximum atomic E-state index is 13.2. The van der Waals surface area contributed by atoms with Crippen LogP contribution in [0.15, 0.2) is 54.6 Å². The van der Waals surface area contributed by atoms with Crippen LogP contribution in [0.5, 0.6) is 0 Å². The molecule has 0 spiro atoms. The van der Waals surface area contributed by atoms with Crippen LogP contribution in [-0.2, 0) is 24.1 Å². The third kappa shape index (κ3) is 4.13. The van der Waals surface area contributed by atoms with Crippen LogP contribution < -0.4 is 10.6 Å². The second-order valence-corrected chi connectivity index (χ2v) is 8.45. The zero-order valence-electron chi connectivity index (χ0n) is 18.4. The van der Waals surface area contributed by atoms with E-state index in [1.165, 1.54) is 11.1 Å². The Kier molecular flexibility index (Phi) is 5.92. The molecule has 2 aliphatic rings. The van der Waals surface area contributed by atoms with Gasteiger partial charge >= 0.3 is 6.03 Å². The van der Waals surface area contributed by atoms with E-state index in [2.05, 4.69) is 33.7 Å². The summed E-state index contributed by atoms with van der Waals surface area (Å²) in [4.78, 5) is 15.5. The van der Waals surface area contributed by atoms with Gasteiger partial charge in [-0.25, -0.2) is 9.48 Å². The molecule has 1 unspecified atom stereocenters. The normalized spacial score (nSPS) is 17.6. The second kappa shape index (κ2) is 9.14. The van der Waals surface area contributed by atoms with Crippen molar-refractivity contribution in [1.29, 1.82) is 0 Å². The van der Waals surface area contributed by atoms with Crippen LogP contribution in [0.25, 0.3) is 5.69 Å². The number of aromatic nitrogens is 2. The van der Waals surface area contributed by atoms with Gasteiger partial charge in [-0.05, 0) is 42.5 Å². The molecule has 7 heteroatoms. The van der Waals surface area contributed by atoms with Gasteiger partial charge in [0.05, 0.1) is 24.0 Å². The van der Waals surface area contributed by atoms with Crippen LogP contribution in [0.4, 0.5) is 10.6 Å². The van der Waals surface area contributed by atoms with Gasteiger partial charge in [0.15, 0.2) is 0 Å². The summed E-state index contributed by atoms with van der Waals surface area (Å²) in [6.45, 7) is 3.12. The van der Waals surface area contributed by atoms with E-state index in [-0.39, 0.29) is 12.1 Å². The predicted molar refractivity (Wildman–Crippen MR) is 124 cm³/mol. The molecule has 0 radical (unpaired) electrons. The van der Waals surface area contributed by atoms with E-state index >= 15 is 0 Å². The monoisotopic (exact) mass is 431 g/mol. The number of rotatable bonds is 6. The Morgan fingerprint density at radius 1 is 1.12 bits per heavy atom. The van der Waals surface area contributed by atoms with E-state index in [1.807, 2.05) is 41.1 Å². The third-order valence-electron chi connectivity index (χ3n) is 6.32. The quantitative estimate of drug-likeness (QED) is 0.625. The van der Waals surface area contributed by atoms with Crippen molar-refractivity contribution in [1.82, 2.24) is 20.0 Å². The van der Waals surface area contributed by atoms with Crippen molar-refractivity contribution in [3.05, 3.63) is 77.0 Å². The van der Waals surface area contributed by atoms with Crippen molar-refractivity contribution in [3.63, 3.8) is 0 Å². The number of aryl methyl sites for hydroxylation is 1. The van der Waals surface area contributed by atoms with Crippen LogP contribution in [0.3, 0.4) is 0 Å². The molecule has 2 aromatic carbocycles. The first-order valence-corrected chi connectivity index (χ1v) is 11.3. The number of hydrogen-bond acceptors (Lipinski definition) is 4. The molecule has 166 valence electrons. The lowest BCUT2D eigenvalue weighted by Gasteiger charge is -2.35. The van der Waals surface area contributed by atoms with Crippen molar-refractivity contribution in [2.75, 3.05) is 32.1 Å². The fourth-order valence-corrected chi connectivity index (χ4v) is 4.77. The van der Waals surface area contributed by atoms with Gasteiger partial charge in [-0.1, -0.05) is 42.5 Å². The highest BCUT2D eigenvalue weighted by Crippen LogP contribution is 2.31. The van der Waals surface area contributed by atoms with Crippen LogP contribution in [-0.4, -0.2) is 47.5 Å². The lowest BCUT2D eigenvalue weighted by Crippen LogP contribution is -2.44. The lowest BCUT2D eigenvalue weighted by atomic mass is 9.95. The number of nitrogens with one attached hydrogen (secondary N) is 2. The van der Waals surface area contributed by atoms with Gasteiger partial charge in [-0.2, -0.15) is 5.10 Å². The summed E-state index contributed by atoms with van der Waals surface area (Å²) in [5, 5.41) is 11.1. The fourth-order valence-electron chi connectivity index (χ4n) is 4.77. The van der Waals surface area contributed by atoms with Gasteiger partial charge in [0.25, 0.3) is 0 Å². The molecule has 2 N–H and O–H groups in total. The van der Waals surface area contributed by atoms with Crippen molar-refractivity contribution < 1.29 is 9.53 Å². The number of fused-ring (bicyclic) bond motifs is 2. The molecule has 5 rings (SSSR count). The number of carbonyl (C=O) groups is 1. The fraction of sp³-hybridized carbons (Fsp3) is 0.360. The molecular weight excluding hydrogens is 402 g/mol. The molecule has 1 aliphatic carbocycles. The highest BCUT2D eigenvalue weighted by molar-refractivity contribution is 5.90. The molecule has 0 fully saturated rings. The number of benzene rings is 2. The SMILES string of the molecule is COCCN1Cc2ccccc2C(NC(=O)Nc2c3c(nn2-c2ccccc2)CCC3)C1. The predicted octanol–water partition coefficient (Wildman–Crippen LogP) is 3.69. The first-order valence-electron chi connectivity index (χ1n) is 11.3. The first kappa shape index (κ1) is 20.7. The molecule has 0 saturated heterocycles. The molecule has 32 heavy (non-hydrogen) atoms. The summed E-state index contributed by atoms with van der Waals surface area (Å²) in [6.07, 6.45) is 2.97. The smallest absolute Gasteiger partial charge is 0.320 e. The van der Waals surface area contributed by atoms with E-state index in [4.69, 9.17) is 9.84 Å². The molecule has 3 aromatic rings. The van der Waals surface area contributed by atoms with Crippen LogP contribution in [0, 0.1) is 0 Å². The molecule has 0 bridgehead atoms. The van der Waals surface area contributed by atoms with Gasteiger partial charge in [-0.15, -0.1) is 0 Å². The first-order chi connectivity index (χ1) is 15.7. The zero-order chi connectivity index (χ0) is 21.9. The summed E-state index contributed by atoms with van der Waals surface area (Å²) in [5.41, 5.74) is 5.60. The molecule has 7 nitrogen and oxygen atoms in total. The molecule has 0 saturated carbocycles. The van der Waals surface area contributed by atoms with E-state index in [1.54, 1.807) is 7.11 Å². The van der Waals surface area contributed by atoms with Gasteiger partial charge < -0.3 is 10.1 Å². The van der Waals surface area contributed by atoms with Gasteiger partial charge in [-0.3, -0.25) is 10.2 Å². The number of hydrogen-bond donors (Lipinski definition) is 2. The number of carbonyl (C=O) groups excluding carboxylic acids is 1. The number of anilines is 1. The zero-order valence-corrected chi connectivity index (χ0v) is 18.4. The van der Waals surface area contributed by atoms with Gasteiger partial charge in [0, 0.05) is 32.3 Å². The summed E-state index contributed by atoms with van der Waals surface area (Å²) in [5.74, 6) is 0.779. The van der Waals surface area contributed by atoms with Crippen molar-refractivity contribution >= 4 is 11.8 Å². The topological polar surface area (TPSA) is 71.4 Å². The third-order valence-corrected chi connectivity index (χ3v) is 6.32. The maximum absolute atomic E-state index is 13.2. The molecular formula is C25H29N5O2. The Hall–Kier alpha value is -3.16.